The molecule has 2 N–H and O–H groups in total. The number of carbonyl (C=O) groups excluding carboxylic acids is 2. The summed E-state index contributed by atoms with van der Waals surface area (Å²) >= 11 is 0.578. The van der Waals surface area contributed by atoms with Crippen molar-refractivity contribution in [2.45, 2.75) is 6.54 Å². The van der Waals surface area contributed by atoms with E-state index >= 15 is 0 Å². The molecule has 2 aromatic rings. The van der Waals surface area contributed by atoms with Crippen LogP contribution in [-0.4, -0.2) is 26.2 Å². The topological polar surface area (TPSA) is 164 Å². The minimum atomic E-state index is -0.839. The first-order chi connectivity index (χ1) is 11.3. The summed E-state index contributed by atoms with van der Waals surface area (Å²) in [6, 6.07) is 4.88. The second-order valence-corrected chi connectivity index (χ2v) is 5.42. The lowest BCUT2D eigenvalue weighted by molar-refractivity contribution is -0.384. The van der Waals surface area contributed by atoms with Gasteiger partial charge in [-0.05, 0) is 17.4 Å². The highest BCUT2D eigenvalue weighted by atomic mass is 32.1. The van der Waals surface area contributed by atoms with E-state index in [4.69, 9.17) is 5.73 Å². The predicted molar refractivity (Wildman–Crippen MR) is 81.1 cm³/mol. The van der Waals surface area contributed by atoms with Crippen LogP contribution in [0.5, 0.6) is 0 Å². The van der Waals surface area contributed by atoms with E-state index in [0.717, 1.165) is 16.8 Å². The van der Waals surface area contributed by atoms with Crippen molar-refractivity contribution in [3.05, 3.63) is 61.1 Å². The molecule has 124 valence electrons. The molecule has 2 rings (SSSR count). The first-order valence-electron chi connectivity index (χ1n) is 6.24. The highest BCUT2D eigenvalue weighted by Gasteiger charge is 2.16. The first-order valence-corrected chi connectivity index (χ1v) is 7.06. The molecule has 12 heteroatoms. The SMILES string of the molecule is NC(=O)Cn1cc([N+](=O)[O-])sc1=NC(=O)c1cccc([N+](=O)[O-])c1. The van der Waals surface area contributed by atoms with Crippen LogP contribution < -0.4 is 10.5 Å². The zero-order valence-corrected chi connectivity index (χ0v) is 12.6. The Morgan fingerprint density at radius 1 is 1.25 bits per heavy atom. The highest BCUT2D eigenvalue weighted by molar-refractivity contribution is 7.12. The third-order valence-corrected chi connectivity index (χ3v) is 3.69. The van der Waals surface area contributed by atoms with Gasteiger partial charge in [0.05, 0.1) is 16.0 Å². The Labute approximate surface area is 137 Å². The monoisotopic (exact) mass is 351 g/mol. The van der Waals surface area contributed by atoms with Gasteiger partial charge in [-0.3, -0.25) is 29.8 Å². The fraction of sp³-hybridized carbons (Fsp3) is 0.0833. The van der Waals surface area contributed by atoms with Crippen LogP contribution in [0.3, 0.4) is 0 Å². The van der Waals surface area contributed by atoms with Gasteiger partial charge in [-0.25, -0.2) is 0 Å². The molecule has 0 spiro atoms. The zero-order valence-electron chi connectivity index (χ0n) is 11.8. The molecule has 0 fully saturated rings. The minimum absolute atomic E-state index is 0.0640. The molecule has 0 saturated carbocycles. The lowest BCUT2D eigenvalue weighted by Crippen LogP contribution is -2.25. The summed E-state index contributed by atoms with van der Waals surface area (Å²) in [5, 5.41) is 21.2. The van der Waals surface area contributed by atoms with Crippen LogP contribution in [0.1, 0.15) is 10.4 Å². The van der Waals surface area contributed by atoms with Crippen molar-refractivity contribution < 1.29 is 19.4 Å². The van der Waals surface area contributed by atoms with Gasteiger partial charge in [-0.2, -0.15) is 4.99 Å². The third-order valence-electron chi connectivity index (χ3n) is 2.72. The highest BCUT2D eigenvalue weighted by Crippen LogP contribution is 2.16. The van der Waals surface area contributed by atoms with E-state index in [1.54, 1.807) is 0 Å². The number of nitrogens with two attached hydrogens (primary N) is 1. The number of nitro groups is 2. The van der Waals surface area contributed by atoms with E-state index in [9.17, 15) is 29.8 Å². The molecular weight excluding hydrogens is 342 g/mol. The van der Waals surface area contributed by atoms with Crippen LogP contribution >= 0.6 is 11.3 Å². The van der Waals surface area contributed by atoms with Crippen molar-refractivity contribution in [2.75, 3.05) is 0 Å². The summed E-state index contributed by atoms with van der Waals surface area (Å²) < 4.78 is 1.07. The van der Waals surface area contributed by atoms with Crippen LogP contribution in [0, 0.1) is 20.2 Å². The molecule has 24 heavy (non-hydrogen) atoms. The Balaban J connectivity index is 2.47. The van der Waals surface area contributed by atoms with Crippen LogP contribution in [0.4, 0.5) is 10.7 Å². The summed E-state index contributed by atoms with van der Waals surface area (Å²) in [6.07, 6.45) is 1.04. The molecule has 1 heterocycles. The molecule has 0 unspecified atom stereocenters. The second-order valence-electron chi connectivity index (χ2n) is 4.43. The van der Waals surface area contributed by atoms with E-state index in [-0.39, 0.29) is 21.1 Å². The molecule has 0 radical (unpaired) electrons. The van der Waals surface area contributed by atoms with Crippen molar-refractivity contribution in [1.82, 2.24) is 4.57 Å². The largest absolute Gasteiger partial charge is 0.368 e. The number of carbonyl (C=O) groups is 2. The average molecular weight is 351 g/mol. The maximum absolute atomic E-state index is 12.1. The van der Waals surface area contributed by atoms with Gasteiger partial charge < -0.3 is 10.3 Å². The number of aromatic nitrogens is 1. The van der Waals surface area contributed by atoms with E-state index in [2.05, 4.69) is 4.99 Å². The first kappa shape index (κ1) is 17.0. The van der Waals surface area contributed by atoms with Crippen molar-refractivity contribution in [1.29, 1.82) is 0 Å². The molecule has 0 aliphatic rings. The molecule has 11 nitrogen and oxygen atoms in total. The summed E-state index contributed by atoms with van der Waals surface area (Å²) in [5.74, 6) is -1.61. The number of benzene rings is 1. The Morgan fingerprint density at radius 3 is 2.54 bits per heavy atom. The Hall–Kier alpha value is -3.41. The summed E-state index contributed by atoms with van der Waals surface area (Å²) in [4.78, 5) is 46.9. The predicted octanol–water partition coefficient (Wildman–Crippen LogP) is 0.592. The van der Waals surface area contributed by atoms with Gasteiger partial charge in [0.2, 0.25) is 5.91 Å². The molecule has 0 atom stereocenters. The molecule has 2 amide bonds. The zero-order chi connectivity index (χ0) is 17.9. The van der Waals surface area contributed by atoms with Gasteiger partial charge in [0, 0.05) is 17.7 Å². The molecule has 0 saturated heterocycles. The van der Waals surface area contributed by atoms with Crippen molar-refractivity contribution in [3.63, 3.8) is 0 Å². The van der Waals surface area contributed by atoms with E-state index < -0.39 is 28.2 Å². The summed E-state index contributed by atoms with van der Waals surface area (Å²) in [5.41, 5.74) is 4.69. The van der Waals surface area contributed by atoms with Crippen molar-refractivity contribution >= 4 is 33.8 Å². The lowest BCUT2D eigenvalue weighted by atomic mass is 10.2. The lowest BCUT2D eigenvalue weighted by Gasteiger charge is -1.98. The Morgan fingerprint density at radius 2 is 1.96 bits per heavy atom. The van der Waals surface area contributed by atoms with Gasteiger partial charge >= 0.3 is 5.00 Å². The number of rotatable bonds is 5. The normalized spacial score (nSPS) is 11.2. The fourth-order valence-electron chi connectivity index (χ4n) is 1.72. The van der Waals surface area contributed by atoms with Crippen LogP contribution in [0.2, 0.25) is 0 Å². The van der Waals surface area contributed by atoms with Gasteiger partial charge in [-0.15, -0.1) is 0 Å². The number of primary amides is 1. The Bertz CT molecular complexity index is 915. The maximum Gasteiger partial charge on any atom is 0.343 e. The van der Waals surface area contributed by atoms with Gasteiger partial charge in [0.1, 0.15) is 6.54 Å². The molecule has 0 aliphatic carbocycles. The van der Waals surface area contributed by atoms with Gasteiger partial charge in [0.15, 0.2) is 4.80 Å². The van der Waals surface area contributed by atoms with E-state index in [1.165, 1.54) is 18.2 Å². The number of non-ortho nitro benzene ring substituents is 1. The third kappa shape index (κ3) is 3.86. The van der Waals surface area contributed by atoms with E-state index in [0.29, 0.717) is 11.3 Å². The summed E-state index contributed by atoms with van der Waals surface area (Å²) in [7, 11) is 0. The van der Waals surface area contributed by atoms with Crippen molar-refractivity contribution in [2.24, 2.45) is 10.7 Å². The van der Waals surface area contributed by atoms with Crippen LogP contribution in [-0.2, 0) is 11.3 Å². The fourth-order valence-corrected chi connectivity index (χ4v) is 2.53. The van der Waals surface area contributed by atoms with Crippen LogP contribution in [0.15, 0.2) is 35.5 Å². The minimum Gasteiger partial charge on any atom is -0.368 e. The standard InChI is InChI=1S/C12H9N5O6S/c13-9(18)5-15-6-10(17(22)23)24-12(15)14-11(19)7-2-1-3-8(4-7)16(20)21/h1-4,6H,5H2,(H2,13,18). The molecular formula is C12H9N5O6S. The number of amides is 2. The number of thiazole rings is 1. The average Bonchev–Trinajstić information content (AvgIpc) is 2.89. The maximum atomic E-state index is 12.1. The number of nitro benzene ring substituents is 1. The van der Waals surface area contributed by atoms with E-state index in [1.807, 2.05) is 0 Å². The molecule has 0 bridgehead atoms. The quantitative estimate of drug-likeness (QED) is 0.611. The Kier molecular flexibility index (Phi) is 4.79. The molecule has 1 aromatic heterocycles. The van der Waals surface area contributed by atoms with Gasteiger partial charge in [-0.1, -0.05) is 6.07 Å². The number of hydrogen-bond donors (Lipinski definition) is 1. The molecule has 1 aromatic carbocycles. The van der Waals surface area contributed by atoms with Crippen LogP contribution in [0.25, 0.3) is 0 Å². The van der Waals surface area contributed by atoms with Gasteiger partial charge in [0.25, 0.3) is 11.6 Å². The molecule has 0 aliphatic heterocycles. The second kappa shape index (κ2) is 6.78. The summed E-state index contributed by atoms with van der Waals surface area (Å²) in [6.45, 7) is -0.397. The number of hydrogen-bond acceptors (Lipinski definition) is 7. The number of nitrogens with zero attached hydrogens (tertiary/aromatic N) is 4. The smallest absolute Gasteiger partial charge is 0.343 e. The van der Waals surface area contributed by atoms with Crippen molar-refractivity contribution in [3.8, 4) is 0 Å².